The SMILES string of the molecule is CC(C)NC1CCCc2ccccc2C1O.Cl. The average Bonchev–Trinajstić information content (AvgIpc) is 2.40. The van der Waals surface area contributed by atoms with Crippen LogP contribution in [-0.4, -0.2) is 17.2 Å². The zero-order valence-corrected chi connectivity index (χ0v) is 11.3. The molecule has 1 aliphatic carbocycles. The first-order valence-electron chi connectivity index (χ1n) is 6.20. The third-order valence-corrected chi connectivity index (χ3v) is 3.26. The minimum atomic E-state index is -0.360. The van der Waals surface area contributed by atoms with Crippen molar-refractivity contribution < 1.29 is 5.11 Å². The van der Waals surface area contributed by atoms with E-state index >= 15 is 0 Å². The first-order valence-corrected chi connectivity index (χ1v) is 6.20. The fourth-order valence-electron chi connectivity index (χ4n) is 2.54. The summed E-state index contributed by atoms with van der Waals surface area (Å²) in [4.78, 5) is 0. The molecule has 0 aromatic heterocycles. The van der Waals surface area contributed by atoms with Crippen molar-refractivity contribution >= 4 is 12.4 Å². The largest absolute Gasteiger partial charge is 0.387 e. The van der Waals surface area contributed by atoms with E-state index in [4.69, 9.17) is 0 Å². The zero-order valence-electron chi connectivity index (χ0n) is 10.5. The smallest absolute Gasteiger partial charge is 0.0945 e. The number of fused-ring (bicyclic) bond motifs is 1. The van der Waals surface area contributed by atoms with E-state index in [2.05, 4.69) is 37.4 Å². The van der Waals surface area contributed by atoms with E-state index in [1.165, 1.54) is 5.56 Å². The van der Waals surface area contributed by atoms with Gasteiger partial charge in [-0.25, -0.2) is 0 Å². The highest BCUT2D eigenvalue weighted by Gasteiger charge is 2.25. The van der Waals surface area contributed by atoms with E-state index in [0.29, 0.717) is 6.04 Å². The Morgan fingerprint density at radius 1 is 1.29 bits per heavy atom. The summed E-state index contributed by atoms with van der Waals surface area (Å²) in [7, 11) is 0. The van der Waals surface area contributed by atoms with Gasteiger partial charge in [0.15, 0.2) is 0 Å². The lowest BCUT2D eigenvalue weighted by Gasteiger charge is -2.25. The summed E-state index contributed by atoms with van der Waals surface area (Å²) in [5.74, 6) is 0. The van der Waals surface area contributed by atoms with Crippen LogP contribution in [0.3, 0.4) is 0 Å². The normalized spacial score (nSPS) is 23.8. The second-order valence-electron chi connectivity index (χ2n) is 4.96. The van der Waals surface area contributed by atoms with Gasteiger partial charge in [-0.05, 0) is 30.4 Å². The molecule has 1 aromatic rings. The Bertz CT molecular complexity index is 354. The summed E-state index contributed by atoms with van der Waals surface area (Å²) in [5, 5.41) is 13.8. The van der Waals surface area contributed by atoms with Gasteiger partial charge in [-0.1, -0.05) is 38.1 Å². The van der Waals surface area contributed by atoms with Gasteiger partial charge in [0, 0.05) is 12.1 Å². The molecule has 1 aromatic carbocycles. The Morgan fingerprint density at radius 2 is 2.00 bits per heavy atom. The predicted octanol–water partition coefficient (Wildman–Crippen LogP) is 2.84. The minimum Gasteiger partial charge on any atom is -0.387 e. The molecular weight excluding hydrogens is 234 g/mol. The Morgan fingerprint density at radius 3 is 2.71 bits per heavy atom. The molecule has 0 bridgehead atoms. The lowest BCUT2D eigenvalue weighted by molar-refractivity contribution is 0.121. The van der Waals surface area contributed by atoms with Gasteiger partial charge >= 0.3 is 0 Å². The summed E-state index contributed by atoms with van der Waals surface area (Å²) in [5.41, 5.74) is 2.42. The maximum atomic E-state index is 10.4. The minimum absolute atomic E-state index is 0. The second kappa shape index (κ2) is 6.39. The summed E-state index contributed by atoms with van der Waals surface area (Å²) < 4.78 is 0. The Hall–Kier alpha value is -0.570. The monoisotopic (exact) mass is 255 g/mol. The lowest BCUT2D eigenvalue weighted by atomic mass is 9.98. The number of rotatable bonds is 2. The first kappa shape index (κ1) is 14.5. The molecule has 17 heavy (non-hydrogen) atoms. The van der Waals surface area contributed by atoms with Gasteiger partial charge in [0.05, 0.1) is 6.10 Å². The Balaban J connectivity index is 0.00000144. The number of nitrogens with one attached hydrogen (secondary N) is 1. The highest BCUT2D eigenvalue weighted by molar-refractivity contribution is 5.85. The molecule has 0 aliphatic heterocycles. The quantitative estimate of drug-likeness (QED) is 0.797. The molecule has 0 heterocycles. The standard InChI is InChI=1S/C14H21NO.ClH/c1-10(2)15-13-9-5-7-11-6-3-4-8-12(11)14(13)16;/h3-4,6,8,10,13-16H,5,7,9H2,1-2H3;1H. The van der Waals surface area contributed by atoms with Gasteiger partial charge in [-0.3, -0.25) is 0 Å². The highest BCUT2D eigenvalue weighted by atomic mass is 35.5. The molecule has 2 rings (SSSR count). The molecule has 0 saturated heterocycles. The van der Waals surface area contributed by atoms with E-state index in [1.54, 1.807) is 0 Å². The number of hydrogen-bond acceptors (Lipinski definition) is 2. The molecule has 3 heteroatoms. The van der Waals surface area contributed by atoms with Crippen LogP contribution in [0.15, 0.2) is 24.3 Å². The molecule has 1 aliphatic rings. The predicted molar refractivity (Wildman–Crippen MR) is 73.6 cm³/mol. The molecule has 2 N–H and O–H groups in total. The van der Waals surface area contributed by atoms with Crippen molar-refractivity contribution in [2.45, 2.75) is 51.3 Å². The van der Waals surface area contributed by atoms with Gasteiger partial charge in [0.25, 0.3) is 0 Å². The number of benzene rings is 1. The number of hydrogen-bond donors (Lipinski definition) is 2. The van der Waals surface area contributed by atoms with Crippen LogP contribution in [-0.2, 0) is 6.42 Å². The summed E-state index contributed by atoms with van der Waals surface area (Å²) >= 11 is 0. The van der Waals surface area contributed by atoms with E-state index < -0.39 is 0 Å². The van der Waals surface area contributed by atoms with Crippen LogP contribution in [0.5, 0.6) is 0 Å². The zero-order chi connectivity index (χ0) is 11.5. The molecule has 0 spiro atoms. The number of aliphatic hydroxyl groups is 1. The molecule has 2 nitrogen and oxygen atoms in total. The molecule has 2 unspecified atom stereocenters. The summed E-state index contributed by atoms with van der Waals surface area (Å²) in [6.07, 6.45) is 2.93. The van der Waals surface area contributed by atoms with Gasteiger partial charge in [-0.15, -0.1) is 12.4 Å². The van der Waals surface area contributed by atoms with E-state index in [9.17, 15) is 5.11 Å². The van der Waals surface area contributed by atoms with Crippen LogP contribution in [0, 0.1) is 0 Å². The Kier molecular flexibility index (Phi) is 5.44. The highest BCUT2D eigenvalue weighted by Crippen LogP contribution is 2.28. The van der Waals surface area contributed by atoms with Crippen LogP contribution < -0.4 is 5.32 Å². The summed E-state index contributed by atoms with van der Waals surface area (Å²) in [6, 6.07) is 8.88. The molecule has 0 fully saturated rings. The van der Waals surface area contributed by atoms with E-state index in [-0.39, 0.29) is 24.6 Å². The number of halogens is 1. The van der Waals surface area contributed by atoms with Crippen molar-refractivity contribution in [2.24, 2.45) is 0 Å². The van der Waals surface area contributed by atoms with Crippen molar-refractivity contribution in [3.8, 4) is 0 Å². The molecule has 0 radical (unpaired) electrons. The second-order valence-corrected chi connectivity index (χ2v) is 4.96. The number of aliphatic hydroxyl groups excluding tert-OH is 1. The van der Waals surface area contributed by atoms with Gasteiger partial charge < -0.3 is 10.4 Å². The van der Waals surface area contributed by atoms with E-state index in [0.717, 1.165) is 24.8 Å². The first-order chi connectivity index (χ1) is 7.68. The lowest BCUT2D eigenvalue weighted by Crippen LogP contribution is -2.38. The Labute approximate surface area is 110 Å². The molecule has 0 amide bonds. The topological polar surface area (TPSA) is 32.3 Å². The van der Waals surface area contributed by atoms with Gasteiger partial charge in [0.1, 0.15) is 0 Å². The molecule has 0 saturated carbocycles. The fourth-order valence-corrected chi connectivity index (χ4v) is 2.54. The van der Waals surface area contributed by atoms with Crippen molar-refractivity contribution in [3.63, 3.8) is 0 Å². The van der Waals surface area contributed by atoms with Crippen molar-refractivity contribution in [1.29, 1.82) is 0 Å². The maximum Gasteiger partial charge on any atom is 0.0945 e. The van der Waals surface area contributed by atoms with Crippen LogP contribution in [0.4, 0.5) is 0 Å². The van der Waals surface area contributed by atoms with Crippen molar-refractivity contribution in [2.75, 3.05) is 0 Å². The third-order valence-electron chi connectivity index (χ3n) is 3.26. The van der Waals surface area contributed by atoms with E-state index in [1.807, 2.05) is 6.07 Å². The molecule has 2 atom stereocenters. The van der Waals surface area contributed by atoms with Crippen LogP contribution in [0.1, 0.15) is 43.9 Å². The van der Waals surface area contributed by atoms with Gasteiger partial charge in [-0.2, -0.15) is 0 Å². The average molecular weight is 256 g/mol. The van der Waals surface area contributed by atoms with Crippen molar-refractivity contribution in [1.82, 2.24) is 5.32 Å². The molecular formula is C14H22ClNO. The third kappa shape index (κ3) is 3.44. The molecule has 96 valence electrons. The fraction of sp³-hybridized carbons (Fsp3) is 0.571. The van der Waals surface area contributed by atoms with Gasteiger partial charge in [0.2, 0.25) is 0 Å². The van der Waals surface area contributed by atoms with Crippen LogP contribution in [0.2, 0.25) is 0 Å². The number of aryl methyl sites for hydroxylation is 1. The van der Waals surface area contributed by atoms with Crippen LogP contribution in [0.25, 0.3) is 0 Å². The summed E-state index contributed by atoms with van der Waals surface area (Å²) in [6.45, 7) is 4.26. The van der Waals surface area contributed by atoms with Crippen LogP contribution >= 0.6 is 12.4 Å². The van der Waals surface area contributed by atoms with Crippen molar-refractivity contribution in [3.05, 3.63) is 35.4 Å². The maximum absolute atomic E-state index is 10.4.